The Hall–Kier alpha value is -4.59. The Balaban J connectivity index is 1.53. The predicted molar refractivity (Wildman–Crippen MR) is 205 cm³/mol. The van der Waals surface area contributed by atoms with Gasteiger partial charge in [-0.1, -0.05) is 99.6 Å². The van der Waals surface area contributed by atoms with Crippen LogP contribution in [-0.2, 0) is 11.8 Å². The van der Waals surface area contributed by atoms with Gasteiger partial charge in [-0.15, -0.1) is 30.0 Å². The second kappa shape index (κ2) is 12.6. The molecule has 2 N–H and O–H groups in total. The zero-order valence-corrected chi connectivity index (χ0v) is 31.5. The van der Waals surface area contributed by atoms with Crippen molar-refractivity contribution >= 4 is 34.0 Å². The van der Waals surface area contributed by atoms with Crippen molar-refractivity contribution in [2.24, 2.45) is 22.2 Å². The highest BCUT2D eigenvalue weighted by molar-refractivity contribution is 5.86. The van der Waals surface area contributed by atoms with Gasteiger partial charge in [0.25, 0.3) is 0 Å². The van der Waals surface area contributed by atoms with Crippen LogP contribution in [-0.4, -0.2) is 41.3 Å². The van der Waals surface area contributed by atoms with Gasteiger partial charge >= 0.3 is 0 Å². The summed E-state index contributed by atoms with van der Waals surface area (Å²) in [7, 11) is 0. The SMILES string of the molecule is CC(C)(C)CC(C)(C)c1cc(CC2=C(O)C(n3nc4ccccc4n3)=CC(C(C)(C)CC(C)(C)C)C2)c(C=N)c(-n2nc3ccccc3n2)c1. The zero-order valence-electron chi connectivity index (χ0n) is 31.5. The lowest BCUT2D eigenvalue weighted by Crippen LogP contribution is -2.31. The number of benzene rings is 3. The molecule has 2 aromatic heterocycles. The second-order valence-corrected chi connectivity index (χ2v) is 18.0. The number of aromatic nitrogens is 6. The van der Waals surface area contributed by atoms with Gasteiger partial charge in [0.05, 0.1) is 5.69 Å². The second-order valence-electron chi connectivity index (χ2n) is 18.0. The van der Waals surface area contributed by atoms with E-state index in [-0.39, 0.29) is 33.3 Å². The Kier molecular flexibility index (Phi) is 8.90. The van der Waals surface area contributed by atoms with Crippen LogP contribution in [0.1, 0.15) is 105 Å². The third-order valence-corrected chi connectivity index (χ3v) is 9.94. The van der Waals surface area contributed by atoms with E-state index >= 15 is 0 Å². The molecular formula is C42H53N7O. The molecule has 0 aliphatic heterocycles. The monoisotopic (exact) mass is 671 g/mol. The Morgan fingerprint density at radius 1 is 0.740 bits per heavy atom. The lowest BCUT2D eigenvalue weighted by atomic mass is 9.65. The molecule has 0 bridgehead atoms. The van der Waals surface area contributed by atoms with Crippen molar-refractivity contribution in [2.45, 2.75) is 100 Å². The van der Waals surface area contributed by atoms with Crippen LogP contribution in [0.15, 0.2) is 78.1 Å². The standard InChI is InChI=1S/C42H53N7O/c1-39(2,3)25-41(7,8)29-20-27(31(24-43)36(22-29)48-44-32-15-11-12-16-33(32)45-48)19-28-21-30(42(9,10)26-40(4,5)6)23-37(38(28)50)49-46-34-17-13-14-18-35(34)47-49/h11-18,20,22-24,30,43,50H,19,21,25-26H2,1-10H3. The minimum Gasteiger partial charge on any atom is -0.506 e. The normalized spacial score (nSPS) is 16.4. The molecule has 5 aromatic rings. The molecule has 3 aromatic carbocycles. The number of aliphatic hydroxyl groups is 1. The molecule has 1 unspecified atom stereocenters. The largest absolute Gasteiger partial charge is 0.506 e. The van der Waals surface area contributed by atoms with E-state index in [4.69, 9.17) is 25.8 Å². The predicted octanol–water partition coefficient (Wildman–Crippen LogP) is 10.3. The molecule has 1 aliphatic carbocycles. The summed E-state index contributed by atoms with van der Waals surface area (Å²) in [5.41, 5.74) is 8.26. The Morgan fingerprint density at radius 3 is 1.72 bits per heavy atom. The molecule has 8 nitrogen and oxygen atoms in total. The van der Waals surface area contributed by atoms with Crippen molar-refractivity contribution in [1.82, 2.24) is 30.0 Å². The van der Waals surface area contributed by atoms with Gasteiger partial charge < -0.3 is 10.5 Å². The summed E-state index contributed by atoms with van der Waals surface area (Å²) in [6.45, 7) is 22.9. The smallest absolute Gasteiger partial charge is 0.142 e. The quantitative estimate of drug-likeness (QED) is 0.152. The van der Waals surface area contributed by atoms with Gasteiger partial charge in [-0.3, -0.25) is 0 Å². The fraction of sp³-hybridized carbons (Fsp3) is 0.452. The molecule has 262 valence electrons. The molecule has 0 saturated heterocycles. The first-order valence-electron chi connectivity index (χ1n) is 17.8. The third-order valence-electron chi connectivity index (χ3n) is 9.94. The first-order valence-corrected chi connectivity index (χ1v) is 17.8. The fourth-order valence-electron chi connectivity index (χ4n) is 8.35. The maximum absolute atomic E-state index is 12.1. The van der Waals surface area contributed by atoms with E-state index in [0.717, 1.165) is 62.9 Å². The molecule has 8 heteroatoms. The van der Waals surface area contributed by atoms with Crippen LogP contribution in [0.5, 0.6) is 0 Å². The Labute approximate surface area is 296 Å². The molecule has 50 heavy (non-hydrogen) atoms. The van der Waals surface area contributed by atoms with Gasteiger partial charge in [0.15, 0.2) is 0 Å². The number of hydrogen-bond acceptors (Lipinski definition) is 6. The van der Waals surface area contributed by atoms with Gasteiger partial charge in [0.1, 0.15) is 33.5 Å². The number of allylic oxidation sites excluding steroid dienone is 3. The van der Waals surface area contributed by atoms with E-state index < -0.39 is 0 Å². The maximum atomic E-state index is 12.1. The lowest BCUT2D eigenvalue weighted by Gasteiger charge is -2.40. The summed E-state index contributed by atoms with van der Waals surface area (Å²) in [6.07, 6.45) is 6.70. The number of nitrogens with one attached hydrogen (secondary N) is 1. The van der Waals surface area contributed by atoms with Crippen LogP contribution in [0.4, 0.5) is 0 Å². The zero-order chi connectivity index (χ0) is 36.2. The Bertz CT molecular complexity index is 2060. The number of fused-ring (bicyclic) bond motifs is 2. The average Bonchev–Trinajstić information content (AvgIpc) is 3.64. The van der Waals surface area contributed by atoms with E-state index in [1.165, 1.54) is 6.21 Å². The molecule has 0 spiro atoms. The van der Waals surface area contributed by atoms with Crippen LogP contribution in [0.25, 0.3) is 33.5 Å². The molecule has 0 fully saturated rings. The van der Waals surface area contributed by atoms with E-state index in [9.17, 15) is 5.11 Å². The molecule has 1 aliphatic rings. The van der Waals surface area contributed by atoms with Crippen LogP contribution in [0.2, 0.25) is 0 Å². The van der Waals surface area contributed by atoms with Crippen LogP contribution < -0.4 is 0 Å². The number of hydrogen-bond donors (Lipinski definition) is 2. The third kappa shape index (κ3) is 7.30. The van der Waals surface area contributed by atoms with E-state index in [2.05, 4.69) is 87.4 Å². The molecule has 0 saturated carbocycles. The molecule has 0 radical (unpaired) electrons. The van der Waals surface area contributed by atoms with E-state index in [0.29, 0.717) is 18.5 Å². The van der Waals surface area contributed by atoms with Gasteiger partial charge in [0, 0.05) is 11.8 Å². The minimum atomic E-state index is -0.181. The van der Waals surface area contributed by atoms with Crippen molar-refractivity contribution in [3.63, 3.8) is 0 Å². The van der Waals surface area contributed by atoms with Gasteiger partial charge in [-0.05, 0) is 106 Å². The highest BCUT2D eigenvalue weighted by Crippen LogP contribution is 2.47. The summed E-state index contributed by atoms with van der Waals surface area (Å²) < 4.78 is 0. The molecule has 6 rings (SSSR count). The van der Waals surface area contributed by atoms with Gasteiger partial charge in [-0.25, -0.2) is 0 Å². The summed E-state index contributed by atoms with van der Waals surface area (Å²) >= 11 is 0. The summed E-state index contributed by atoms with van der Waals surface area (Å²) in [5, 5.41) is 40.1. The summed E-state index contributed by atoms with van der Waals surface area (Å²) in [5.74, 6) is 0.325. The molecule has 2 heterocycles. The van der Waals surface area contributed by atoms with Crippen LogP contribution in [0.3, 0.4) is 0 Å². The van der Waals surface area contributed by atoms with Crippen molar-refractivity contribution < 1.29 is 5.11 Å². The first kappa shape index (κ1) is 35.2. The van der Waals surface area contributed by atoms with E-state index in [1.54, 1.807) is 9.59 Å². The number of nitrogens with zero attached hydrogens (tertiary/aromatic N) is 6. The number of rotatable bonds is 9. The fourth-order valence-corrected chi connectivity index (χ4v) is 8.35. The van der Waals surface area contributed by atoms with Crippen molar-refractivity contribution in [2.75, 3.05) is 0 Å². The van der Waals surface area contributed by atoms with Crippen LogP contribution in [0, 0.1) is 27.6 Å². The van der Waals surface area contributed by atoms with Crippen LogP contribution >= 0.6 is 0 Å². The summed E-state index contributed by atoms with van der Waals surface area (Å²) in [6, 6.07) is 20.0. The molecule has 1 atom stereocenters. The Morgan fingerprint density at radius 2 is 1.24 bits per heavy atom. The van der Waals surface area contributed by atoms with E-state index in [1.807, 2.05) is 48.5 Å². The van der Waals surface area contributed by atoms with Crippen molar-refractivity contribution in [3.8, 4) is 5.69 Å². The number of aliphatic hydroxyl groups excluding tert-OH is 1. The first-order chi connectivity index (χ1) is 23.3. The minimum absolute atomic E-state index is 0.0762. The van der Waals surface area contributed by atoms with Gasteiger partial charge in [-0.2, -0.15) is 0 Å². The average molecular weight is 672 g/mol. The van der Waals surface area contributed by atoms with Crippen molar-refractivity contribution in [1.29, 1.82) is 5.41 Å². The molecule has 0 amide bonds. The van der Waals surface area contributed by atoms with Gasteiger partial charge in [0.2, 0.25) is 0 Å². The lowest BCUT2D eigenvalue weighted by molar-refractivity contribution is 0.154. The summed E-state index contributed by atoms with van der Waals surface area (Å²) in [4.78, 5) is 3.28. The van der Waals surface area contributed by atoms with Crippen molar-refractivity contribution in [3.05, 3.63) is 94.8 Å². The molecular weight excluding hydrogens is 619 g/mol. The topological polar surface area (TPSA) is 106 Å². The highest BCUT2D eigenvalue weighted by Gasteiger charge is 2.37. The maximum Gasteiger partial charge on any atom is 0.142 e. The highest BCUT2D eigenvalue weighted by atomic mass is 16.3.